The number of hydrogen-bond donors (Lipinski definition) is 2. The van der Waals surface area contributed by atoms with Crippen LogP contribution in [0.25, 0.3) is 0 Å². The maximum atomic E-state index is 11.2. The molecule has 1 aliphatic carbocycles. The Morgan fingerprint density at radius 3 is 3.05 bits per heavy atom. The predicted molar refractivity (Wildman–Crippen MR) is 78.7 cm³/mol. The number of amides is 1. The van der Waals surface area contributed by atoms with Crippen LogP contribution in [0.5, 0.6) is 0 Å². The Hall–Kier alpha value is -1.62. The summed E-state index contributed by atoms with van der Waals surface area (Å²) in [4.78, 5) is 17.6. The summed E-state index contributed by atoms with van der Waals surface area (Å²) < 4.78 is 0. The fourth-order valence-electron chi connectivity index (χ4n) is 2.84. The first-order valence-corrected chi connectivity index (χ1v) is 7.46. The molecule has 0 radical (unpaired) electrons. The van der Waals surface area contributed by atoms with Crippen molar-refractivity contribution >= 4 is 11.6 Å². The number of pyridine rings is 1. The van der Waals surface area contributed by atoms with Crippen molar-refractivity contribution in [2.75, 3.05) is 24.5 Å². The third kappa shape index (κ3) is 3.28. The highest BCUT2D eigenvalue weighted by atomic mass is 16.1. The molecule has 0 spiro atoms. The van der Waals surface area contributed by atoms with Crippen LogP contribution in [0.4, 0.5) is 5.69 Å². The summed E-state index contributed by atoms with van der Waals surface area (Å²) in [6, 6.07) is 4.54. The highest BCUT2D eigenvalue weighted by molar-refractivity contribution is 5.91. The van der Waals surface area contributed by atoms with Gasteiger partial charge in [-0.3, -0.25) is 9.78 Å². The zero-order valence-electron chi connectivity index (χ0n) is 11.7. The van der Waals surface area contributed by atoms with Crippen molar-refractivity contribution in [2.24, 2.45) is 11.7 Å². The molecule has 1 saturated carbocycles. The Morgan fingerprint density at radius 2 is 2.30 bits per heavy atom. The lowest BCUT2D eigenvalue weighted by Crippen LogP contribution is -2.40. The van der Waals surface area contributed by atoms with E-state index in [4.69, 9.17) is 5.73 Å². The topological polar surface area (TPSA) is 71.2 Å². The highest BCUT2D eigenvalue weighted by Gasteiger charge is 2.25. The van der Waals surface area contributed by atoms with E-state index in [1.54, 1.807) is 12.3 Å². The molecule has 1 aliphatic heterocycles. The molecule has 5 heteroatoms. The molecule has 1 unspecified atom stereocenters. The molecule has 5 nitrogen and oxygen atoms in total. The zero-order valence-corrected chi connectivity index (χ0v) is 11.7. The summed E-state index contributed by atoms with van der Waals surface area (Å²) in [6.45, 7) is 3.19. The number of anilines is 1. The Labute approximate surface area is 119 Å². The first-order valence-electron chi connectivity index (χ1n) is 7.46. The van der Waals surface area contributed by atoms with Gasteiger partial charge in [-0.2, -0.15) is 0 Å². The number of carbonyl (C=O) groups is 1. The summed E-state index contributed by atoms with van der Waals surface area (Å²) >= 11 is 0. The molecular formula is C15H22N4O. The largest absolute Gasteiger partial charge is 0.371 e. The molecule has 20 heavy (non-hydrogen) atoms. The number of rotatable bonds is 5. The van der Waals surface area contributed by atoms with Crippen LogP contribution in [0.3, 0.4) is 0 Å². The third-order valence-corrected chi connectivity index (χ3v) is 4.15. The van der Waals surface area contributed by atoms with Gasteiger partial charge in [-0.05, 0) is 50.3 Å². The van der Waals surface area contributed by atoms with Crippen LogP contribution in [-0.2, 0) is 0 Å². The van der Waals surface area contributed by atoms with Gasteiger partial charge in [0.25, 0.3) is 5.91 Å². The van der Waals surface area contributed by atoms with Crippen molar-refractivity contribution < 1.29 is 4.79 Å². The predicted octanol–water partition coefficient (Wildman–Crippen LogP) is 1.15. The van der Waals surface area contributed by atoms with Gasteiger partial charge in [0.05, 0.1) is 0 Å². The van der Waals surface area contributed by atoms with Crippen molar-refractivity contribution in [3.63, 3.8) is 0 Å². The molecule has 2 aliphatic rings. The summed E-state index contributed by atoms with van der Waals surface area (Å²) in [6.07, 6.45) is 6.82. The number of aromatic nitrogens is 1. The maximum absolute atomic E-state index is 11.2. The Kier molecular flexibility index (Phi) is 3.87. The number of primary amides is 1. The van der Waals surface area contributed by atoms with Gasteiger partial charge < -0.3 is 16.0 Å². The molecule has 1 amide bonds. The van der Waals surface area contributed by atoms with Gasteiger partial charge in [0.15, 0.2) is 0 Å². The normalized spacial score (nSPS) is 22.8. The summed E-state index contributed by atoms with van der Waals surface area (Å²) in [5, 5.41) is 3.61. The number of carbonyl (C=O) groups excluding carboxylic acids is 1. The van der Waals surface area contributed by atoms with E-state index in [1.807, 2.05) is 6.07 Å². The van der Waals surface area contributed by atoms with Crippen LogP contribution in [0.15, 0.2) is 18.3 Å². The fraction of sp³-hybridized carbons (Fsp3) is 0.600. The second-order valence-electron chi connectivity index (χ2n) is 5.90. The molecule has 108 valence electrons. The van der Waals surface area contributed by atoms with Gasteiger partial charge in [-0.1, -0.05) is 0 Å². The van der Waals surface area contributed by atoms with E-state index < -0.39 is 5.91 Å². The Balaban J connectivity index is 1.63. The number of nitrogens with zero attached hydrogens (tertiary/aromatic N) is 2. The van der Waals surface area contributed by atoms with Crippen LogP contribution >= 0.6 is 0 Å². The lowest BCUT2D eigenvalue weighted by molar-refractivity contribution is 0.0995. The molecule has 1 atom stereocenters. The smallest absolute Gasteiger partial charge is 0.267 e. The van der Waals surface area contributed by atoms with E-state index in [0.29, 0.717) is 11.6 Å². The third-order valence-electron chi connectivity index (χ3n) is 4.15. The van der Waals surface area contributed by atoms with Crippen molar-refractivity contribution in [1.29, 1.82) is 0 Å². The van der Waals surface area contributed by atoms with Crippen molar-refractivity contribution in [3.05, 3.63) is 24.0 Å². The van der Waals surface area contributed by atoms with E-state index in [-0.39, 0.29) is 0 Å². The number of hydrogen-bond acceptors (Lipinski definition) is 4. The van der Waals surface area contributed by atoms with E-state index >= 15 is 0 Å². The van der Waals surface area contributed by atoms with Crippen molar-refractivity contribution in [2.45, 2.75) is 31.7 Å². The Bertz CT molecular complexity index is 487. The first-order chi connectivity index (χ1) is 9.72. The fourth-order valence-corrected chi connectivity index (χ4v) is 2.84. The minimum absolute atomic E-state index is 0.348. The second kappa shape index (κ2) is 5.79. The van der Waals surface area contributed by atoms with Gasteiger partial charge in [0.2, 0.25) is 0 Å². The number of nitrogens with one attached hydrogen (secondary N) is 1. The molecule has 0 bridgehead atoms. The average molecular weight is 274 g/mol. The first kappa shape index (κ1) is 13.4. The van der Waals surface area contributed by atoms with Gasteiger partial charge in [0.1, 0.15) is 5.69 Å². The molecule has 3 rings (SSSR count). The molecule has 1 aromatic heterocycles. The van der Waals surface area contributed by atoms with E-state index in [0.717, 1.165) is 31.4 Å². The van der Waals surface area contributed by atoms with Gasteiger partial charge in [0, 0.05) is 31.0 Å². The standard InChI is InChI=1S/C15H22N4O/c16-15(20)14-8-13(5-6-17-14)19-7-1-2-11(10-19)9-18-12-3-4-12/h5-6,8,11-12,18H,1-4,7,9-10H2,(H2,16,20). The zero-order chi connectivity index (χ0) is 13.9. The molecule has 1 aromatic rings. The summed E-state index contributed by atoms with van der Waals surface area (Å²) in [7, 11) is 0. The number of piperidine rings is 1. The van der Waals surface area contributed by atoms with Crippen LogP contribution in [0.2, 0.25) is 0 Å². The highest BCUT2D eigenvalue weighted by Crippen LogP contribution is 2.24. The summed E-state index contributed by atoms with van der Waals surface area (Å²) in [5.74, 6) is 0.227. The van der Waals surface area contributed by atoms with Crippen LogP contribution in [0, 0.1) is 5.92 Å². The SMILES string of the molecule is NC(=O)c1cc(N2CCCC(CNC3CC3)C2)ccn1. The molecule has 3 N–H and O–H groups in total. The molecule has 2 fully saturated rings. The number of nitrogens with two attached hydrogens (primary N) is 1. The van der Waals surface area contributed by atoms with Gasteiger partial charge in [-0.15, -0.1) is 0 Å². The van der Waals surface area contributed by atoms with Crippen molar-refractivity contribution in [1.82, 2.24) is 10.3 Å². The molecule has 1 saturated heterocycles. The van der Waals surface area contributed by atoms with E-state index in [2.05, 4.69) is 15.2 Å². The lowest BCUT2D eigenvalue weighted by Gasteiger charge is -2.34. The van der Waals surface area contributed by atoms with Crippen molar-refractivity contribution in [3.8, 4) is 0 Å². The van der Waals surface area contributed by atoms with Crippen LogP contribution in [-0.4, -0.2) is 36.6 Å². The average Bonchev–Trinajstić information content (AvgIpc) is 3.30. The minimum Gasteiger partial charge on any atom is -0.371 e. The van der Waals surface area contributed by atoms with Crippen LogP contribution in [0.1, 0.15) is 36.2 Å². The monoisotopic (exact) mass is 274 g/mol. The quantitative estimate of drug-likeness (QED) is 0.845. The Morgan fingerprint density at radius 1 is 1.45 bits per heavy atom. The summed E-state index contributed by atoms with van der Waals surface area (Å²) in [5.41, 5.74) is 6.71. The van der Waals surface area contributed by atoms with Gasteiger partial charge >= 0.3 is 0 Å². The second-order valence-corrected chi connectivity index (χ2v) is 5.90. The van der Waals surface area contributed by atoms with E-state index in [9.17, 15) is 4.79 Å². The molecule has 2 heterocycles. The van der Waals surface area contributed by atoms with E-state index in [1.165, 1.54) is 25.7 Å². The van der Waals surface area contributed by atoms with Crippen LogP contribution < -0.4 is 16.0 Å². The maximum Gasteiger partial charge on any atom is 0.267 e. The van der Waals surface area contributed by atoms with Gasteiger partial charge in [-0.25, -0.2) is 0 Å². The molecular weight excluding hydrogens is 252 g/mol. The lowest BCUT2D eigenvalue weighted by atomic mass is 9.97. The molecule has 0 aromatic carbocycles. The minimum atomic E-state index is -0.462.